The molecular formula is C28H22O6. The first-order valence-corrected chi connectivity index (χ1v) is 10.9. The standard InChI is InChI=1S/C28H22O6/c1-16(2)18-9-7-17(8-10-18)13-24-26(29)21-12-11-20(15-23(21)33-24)32-28(30)25-14-19-5-4-6-22(31-3)27(19)34-25/h4-16H,1-3H3/b24-13-. The average Bonchev–Trinajstić information content (AvgIpc) is 3.40. The second-order valence-corrected chi connectivity index (χ2v) is 8.30. The first-order valence-electron chi connectivity index (χ1n) is 10.9. The molecule has 0 aliphatic carbocycles. The summed E-state index contributed by atoms with van der Waals surface area (Å²) in [5.41, 5.74) is 2.97. The normalized spacial score (nSPS) is 13.9. The Morgan fingerprint density at radius 1 is 1.00 bits per heavy atom. The van der Waals surface area contributed by atoms with Gasteiger partial charge in [0.05, 0.1) is 12.7 Å². The summed E-state index contributed by atoms with van der Waals surface area (Å²) >= 11 is 0. The number of methoxy groups -OCH3 is 1. The lowest BCUT2D eigenvalue weighted by Gasteiger charge is -2.05. The second kappa shape index (κ2) is 8.56. The molecule has 0 amide bonds. The van der Waals surface area contributed by atoms with E-state index in [1.54, 1.807) is 30.3 Å². The van der Waals surface area contributed by atoms with Gasteiger partial charge in [-0.15, -0.1) is 0 Å². The summed E-state index contributed by atoms with van der Waals surface area (Å²) in [5, 5.41) is 0.727. The van der Waals surface area contributed by atoms with Crippen molar-refractivity contribution in [2.75, 3.05) is 7.11 Å². The molecule has 0 atom stereocenters. The topological polar surface area (TPSA) is 75.0 Å². The molecule has 1 aromatic heterocycles. The molecule has 2 heterocycles. The Hall–Kier alpha value is -4.32. The van der Waals surface area contributed by atoms with E-state index in [0.29, 0.717) is 28.6 Å². The van der Waals surface area contributed by atoms with Crippen LogP contribution in [0.25, 0.3) is 17.0 Å². The molecule has 0 saturated carbocycles. The number of allylic oxidation sites excluding steroid dienone is 1. The van der Waals surface area contributed by atoms with Gasteiger partial charge in [-0.05, 0) is 47.4 Å². The number of esters is 1. The minimum absolute atomic E-state index is 0.0439. The highest BCUT2D eigenvalue weighted by Crippen LogP contribution is 2.35. The van der Waals surface area contributed by atoms with E-state index in [1.807, 2.05) is 36.4 Å². The molecular weight excluding hydrogens is 432 g/mol. The Morgan fingerprint density at radius 3 is 2.53 bits per heavy atom. The van der Waals surface area contributed by atoms with Gasteiger partial charge >= 0.3 is 5.97 Å². The number of ether oxygens (including phenoxy) is 3. The van der Waals surface area contributed by atoms with Crippen molar-refractivity contribution < 1.29 is 28.2 Å². The quantitative estimate of drug-likeness (QED) is 0.197. The molecule has 6 heteroatoms. The lowest BCUT2D eigenvalue weighted by molar-refractivity contribution is 0.0703. The number of ketones is 1. The lowest BCUT2D eigenvalue weighted by Crippen LogP contribution is -2.07. The van der Waals surface area contributed by atoms with E-state index in [0.717, 1.165) is 10.9 Å². The van der Waals surface area contributed by atoms with Gasteiger partial charge in [0.1, 0.15) is 11.5 Å². The fraction of sp³-hybridized carbons (Fsp3) is 0.143. The number of benzene rings is 3. The van der Waals surface area contributed by atoms with Crippen LogP contribution in [0.5, 0.6) is 17.2 Å². The van der Waals surface area contributed by atoms with Crippen molar-refractivity contribution in [2.24, 2.45) is 0 Å². The van der Waals surface area contributed by atoms with Gasteiger partial charge in [-0.3, -0.25) is 4.79 Å². The van der Waals surface area contributed by atoms with Crippen molar-refractivity contribution in [3.05, 3.63) is 94.9 Å². The molecule has 0 spiro atoms. The van der Waals surface area contributed by atoms with Crippen LogP contribution in [0.1, 0.15) is 51.8 Å². The van der Waals surface area contributed by atoms with Crippen molar-refractivity contribution in [1.29, 1.82) is 0 Å². The summed E-state index contributed by atoms with van der Waals surface area (Å²) in [6.45, 7) is 4.26. The zero-order valence-corrected chi connectivity index (χ0v) is 19.0. The Balaban J connectivity index is 1.35. The molecule has 3 aromatic carbocycles. The van der Waals surface area contributed by atoms with Crippen LogP contribution in [0.3, 0.4) is 0 Å². The Morgan fingerprint density at radius 2 is 1.79 bits per heavy atom. The van der Waals surface area contributed by atoms with Crippen molar-refractivity contribution >= 4 is 28.8 Å². The van der Waals surface area contributed by atoms with Crippen LogP contribution in [-0.2, 0) is 0 Å². The molecule has 1 aliphatic rings. The molecule has 0 saturated heterocycles. The molecule has 5 rings (SSSR count). The molecule has 0 fully saturated rings. The SMILES string of the molecule is COc1cccc2cc(C(=O)Oc3ccc4c(c3)O/C(=C\c3ccc(C(C)C)cc3)C4=O)oc12. The van der Waals surface area contributed by atoms with Gasteiger partial charge < -0.3 is 18.6 Å². The summed E-state index contributed by atoms with van der Waals surface area (Å²) in [6, 6.07) is 19.6. The number of para-hydroxylation sites is 1. The fourth-order valence-corrected chi connectivity index (χ4v) is 3.81. The third-order valence-corrected chi connectivity index (χ3v) is 5.68. The molecule has 170 valence electrons. The van der Waals surface area contributed by atoms with E-state index in [4.69, 9.17) is 18.6 Å². The average molecular weight is 454 g/mol. The molecule has 4 aromatic rings. The van der Waals surface area contributed by atoms with Gasteiger partial charge in [0, 0.05) is 11.5 Å². The van der Waals surface area contributed by atoms with E-state index in [1.165, 1.54) is 18.7 Å². The number of fused-ring (bicyclic) bond motifs is 2. The van der Waals surface area contributed by atoms with Gasteiger partial charge in [0.2, 0.25) is 11.5 Å². The summed E-state index contributed by atoms with van der Waals surface area (Å²) < 4.78 is 22.2. The Kier molecular flexibility index (Phi) is 5.42. The van der Waals surface area contributed by atoms with Crippen molar-refractivity contribution in [3.8, 4) is 17.2 Å². The van der Waals surface area contributed by atoms with E-state index in [2.05, 4.69) is 13.8 Å². The number of carbonyl (C=O) groups excluding carboxylic acids is 2. The maximum atomic E-state index is 12.8. The molecule has 6 nitrogen and oxygen atoms in total. The highest BCUT2D eigenvalue weighted by atomic mass is 16.6. The highest BCUT2D eigenvalue weighted by Gasteiger charge is 2.28. The minimum atomic E-state index is -0.663. The number of hydrogen-bond acceptors (Lipinski definition) is 6. The highest BCUT2D eigenvalue weighted by molar-refractivity contribution is 6.14. The molecule has 34 heavy (non-hydrogen) atoms. The third kappa shape index (κ3) is 3.94. The molecule has 0 bridgehead atoms. The first kappa shape index (κ1) is 21.5. The maximum absolute atomic E-state index is 12.8. The van der Waals surface area contributed by atoms with E-state index in [-0.39, 0.29) is 23.1 Å². The Bertz CT molecular complexity index is 1440. The van der Waals surface area contributed by atoms with Gasteiger partial charge in [-0.2, -0.15) is 0 Å². The maximum Gasteiger partial charge on any atom is 0.379 e. The third-order valence-electron chi connectivity index (χ3n) is 5.68. The number of carbonyl (C=O) groups is 2. The predicted octanol–water partition coefficient (Wildman–Crippen LogP) is 6.40. The summed E-state index contributed by atoms with van der Waals surface area (Å²) in [5.74, 6) is 0.923. The second-order valence-electron chi connectivity index (χ2n) is 8.30. The monoisotopic (exact) mass is 454 g/mol. The van der Waals surface area contributed by atoms with Crippen LogP contribution in [-0.4, -0.2) is 18.9 Å². The fourth-order valence-electron chi connectivity index (χ4n) is 3.81. The van der Waals surface area contributed by atoms with Crippen LogP contribution in [0.2, 0.25) is 0 Å². The van der Waals surface area contributed by atoms with E-state index >= 15 is 0 Å². The molecule has 0 unspecified atom stereocenters. The van der Waals surface area contributed by atoms with Gasteiger partial charge in [0.15, 0.2) is 17.1 Å². The first-order chi connectivity index (χ1) is 16.4. The lowest BCUT2D eigenvalue weighted by atomic mass is 10.0. The van der Waals surface area contributed by atoms with Gasteiger partial charge in [0.25, 0.3) is 0 Å². The zero-order chi connectivity index (χ0) is 23.8. The predicted molar refractivity (Wildman–Crippen MR) is 128 cm³/mol. The van der Waals surface area contributed by atoms with Crippen LogP contribution >= 0.6 is 0 Å². The van der Waals surface area contributed by atoms with Crippen LogP contribution in [0.15, 0.2) is 76.9 Å². The largest absolute Gasteiger partial charge is 0.493 e. The number of rotatable bonds is 5. The summed E-state index contributed by atoms with van der Waals surface area (Å²) in [6.07, 6.45) is 1.71. The van der Waals surface area contributed by atoms with Gasteiger partial charge in [-0.25, -0.2) is 4.79 Å². The zero-order valence-electron chi connectivity index (χ0n) is 19.0. The Labute approximate surface area is 196 Å². The van der Waals surface area contributed by atoms with Crippen LogP contribution < -0.4 is 14.2 Å². The number of hydrogen-bond donors (Lipinski definition) is 0. The van der Waals surface area contributed by atoms with Gasteiger partial charge in [-0.1, -0.05) is 50.2 Å². The van der Waals surface area contributed by atoms with Crippen molar-refractivity contribution in [2.45, 2.75) is 19.8 Å². The number of Topliss-reactive ketones (excluding diaryl/α,β-unsaturated/α-hetero) is 1. The smallest absolute Gasteiger partial charge is 0.379 e. The summed E-state index contributed by atoms with van der Waals surface area (Å²) in [4.78, 5) is 25.4. The summed E-state index contributed by atoms with van der Waals surface area (Å²) in [7, 11) is 1.53. The van der Waals surface area contributed by atoms with Crippen molar-refractivity contribution in [1.82, 2.24) is 0 Å². The molecule has 1 aliphatic heterocycles. The van der Waals surface area contributed by atoms with Crippen LogP contribution in [0, 0.1) is 0 Å². The van der Waals surface area contributed by atoms with Crippen molar-refractivity contribution in [3.63, 3.8) is 0 Å². The number of furan rings is 1. The van der Waals surface area contributed by atoms with E-state index < -0.39 is 5.97 Å². The molecule has 0 N–H and O–H groups in total. The van der Waals surface area contributed by atoms with E-state index in [9.17, 15) is 9.59 Å². The minimum Gasteiger partial charge on any atom is -0.493 e. The van der Waals surface area contributed by atoms with Crippen LogP contribution in [0.4, 0.5) is 0 Å². The molecule has 0 radical (unpaired) electrons.